The van der Waals surface area contributed by atoms with Gasteiger partial charge in [0.15, 0.2) is 0 Å². The van der Waals surface area contributed by atoms with E-state index in [1.807, 2.05) is 0 Å². The van der Waals surface area contributed by atoms with E-state index in [2.05, 4.69) is 17.1 Å². The number of hydrogen-bond acceptors (Lipinski definition) is 4. The number of sulfonamides is 1. The summed E-state index contributed by atoms with van der Waals surface area (Å²) >= 11 is 6.10. The van der Waals surface area contributed by atoms with Crippen LogP contribution in [0, 0.1) is 5.92 Å². The predicted molar refractivity (Wildman–Crippen MR) is 95.8 cm³/mol. The molecule has 0 aliphatic carbocycles. The van der Waals surface area contributed by atoms with Crippen LogP contribution in [0.4, 0.5) is 5.69 Å². The molecule has 0 unspecified atom stereocenters. The van der Waals surface area contributed by atoms with Gasteiger partial charge in [-0.1, -0.05) is 18.5 Å². The summed E-state index contributed by atoms with van der Waals surface area (Å²) in [4.78, 5) is 14.5. The number of hydrogen-bond donors (Lipinski definition) is 1. The van der Waals surface area contributed by atoms with E-state index in [0.717, 1.165) is 23.8 Å². The maximum absolute atomic E-state index is 12.3. The van der Waals surface area contributed by atoms with Crippen LogP contribution in [0.5, 0.6) is 0 Å². The summed E-state index contributed by atoms with van der Waals surface area (Å²) in [6.45, 7) is 4.26. The molecule has 1 N–H and O–H groups in total. The van der Waals surface area contributed by atoms with Gasteiger partial charge >= 0.3 is 0 Å². The van der Waals surface area contributed by atoms with Crippen molar-refractivity contribution in [2.24, 2.45) is 5.92 Å². The van der Waals surface area contributed by atoms with Crippen LogP contribution in [0.2, 0.25) is 5.02 Å². The van der Waals surface area contributed by atoms with Crippen molar-refractivity contribution in [3.8, 4) is 0 Å². The van der Waals surface area contributed by atoms with Gasteiger partial charge in [0.2, 0.25) is 15.9 Å². The van der Waals surface area contributed by atoms with Gasteiger partial charge in [-0.25, -0.2) is 12.7 Å². The van der Waals surface area contributed by atoms with Crippen LogP contribution in [-0.2, 0) is 14.8 Å². The van der Waals surface area contributed by atoms with Crippen LogP contribution in [0.15, 0.2) is 23.1 Å². The first-order chi connectivity index (χ1) is 11.2. The van der Waals surface area contributed by atoms with Gasteiger partial charge in [-0.05, 0) is 43.5 Å². The van der Waals surface area contributed by atoms with Crippen molar-refractivity contribution >= 4 is 33.2 Å². The molecule has 0 spiro atoms. The van der Waals surface area contributed by atoms with E-state index in [9.17, 15) is 13.2 Å². The summed E-state index contributed by atoms with van der Waals surface area (Å²) in [6, 6.07) is 4.31. The first kappa shape index (κ1) is 19.2. The van der Waals surface area contributed by atoms with Gasteiger partial charge in [-0.3, -0.25) is 9.69 Å². The third-order valence-electron chi connectivity index (χ3n) is 4.10. The Hall–Kier alpha value is -1.15. The number of rotatable bonds is 5. The summed E-state index contributed by atoms with van der Waals surface area (Å²) in [5, 5.41) is 3.04. The first-order valence-corrected chi connectivity index (χ1v) is 9.76. The largest absolute Gasteiger partial charge is 0.324 e. The van der Waals surface area contributed by atoms with Crippen LogP contribution in [0.1, 0.15) is 19.8 Å². The first-order valence-electron chi connectivity index (χ1n) is 7.94. The number of carbonyl (C=O) groups excluding carboxylic acids is 1. The Labute approximate surface area is 148 Å². The number of amides is 1. The molecule has 24 heavy (non-hydrogen) atoms. The second-order valence-electron chi connectivity index (χ2n) is 6.46. The summed E-state index contributed by atoms with van der Waals surface area (Å²) < 4.78 is 25.5. The molecule has 0 bridgehead atoms. The molecule has 0 aromatic heterocycles. The summed E-state index contributed by atoms with van der Waals surface area (Å²) in [6.07, 6.45) is 2.28. The van der Waals surface area contributed by atoms with Crippen LogP contribution in [-0.4, -0.2) is 57.3 Å². The summed E-state index contributed by atoms with van der Waals surface area (Å²) in [7, 11) is -0.657. The number of carbonyl (C=O) groups is 1. The van der Waals surface area contributed by atoms with Gasteiger partial charge in [0.25, 0.3) is 0 Å². The molecule has 0 radical (unpaired) electrons. The number of anilines is 1. The number of nitrogens with one attached hydrogen (secondary N) is 1. The van der Waals surface area contributed by atoms with Crippen molar-refractivity contribution in [3.05, 3.63) is 23.2 Å². The number of halogens is 1. The molecule has 1 aliphatic heterocycles. The SMILES string of the molecule is C[C@@H]1CCCN(CC(=O)Nc2cc(S(=O)(=O)N(C)C)ccc2Cl)C1. The van der Waals surface area contributed by atoms with Gasteiger partial charge in [-0.15, -0.1) is 0 Å². The highest BCUT2D eigenvalue weighted by Crippen LogP contribution is 2.26. The quantitative estimate of drug-likeness (QED) is 0.859. The molecule has 1 amide bonds. The molecule has 6 nitrogen and oxygen atoms in total. The number of likely N-dealkylation sites (tertiary alicyclic amines) is 1. The molecule has 1 aromatic carbocycles. The van der Waals surface area contributed by atoms with E-state index in [0.29, 0.717) is 16.6 Å². The maximum Gasteiger partial charge on any atom is 0.242 e. The van der Waals surface area contributed by atoms with E-state index in [1.165, 1.54) is 38.7 Å². The lowest BCUT2D eigenvalue weighted by Crippen LogP contribution is -2.39. The van der Waals surface area contributed by atoms with Crippen LogP contribution >= 0.6 is 11.6 Å². The van der Waals surface area contributed by atoms with E-state index in [4.69, 9.17) is 11.6 Å². The average molecular weight is 374 g/mol. The average Bonchev–Trinajstić information content (AvgIpc) is 2.49. The molecular formula is C16H24ClN3O3S. The van der Waals surface area contributed by atoms with Gasteiger partial charge in [-0.2, -0.15) is 0 Å². The van der Waals surface area contributed by atoms with Crippen LogP contribution in [0.3, 0.4) is 0 Å². The van der Waals surface area contributed by atoms with Gasteiger partial charge in [0.05, 0.1) is 22.2 Å². The molecule has 1 heterocycles. The second-order valence-corrected chi connectivity index (χ2v) is 9.02. The third kappa shape index (κ3) is 4.69. The Balaban J connectivity index is 2.10. The highest BCUT2D eigenvalue weighted by molar-refractivity contribution is 7.89. The smallest absolute Gasteiger partial charge is 0.242 e. The fourth-order valence-electron chi connectivity index (χ4n) is 2.79. The molecule has 8 heteroatoms. The molecule has 1 fully saturated rings. The molecule has 1 aliphatic rings. The number of benzene rings is 1. The number of nitrogens with zero attached hydrogens (tertiary/aromatic N) is 2. The molecule has 1 atom stereocenters. The van der Waals surface area contributed by atoms with Crippen LogP contribution in [0.25, 0.3) is 0 Å². The van der Waals surface area contributed by atoms with Gasteiger partial charge in [0.1, 0.15) is 0 Å². The minimum atomic E-state index is -3.57. The fourth-order valence-corrected chi connectivity index (χ4v) is 3.89. The summed E-state index contributed by atoms with van der Waals surface area (Å²) in [5.74, 6) is 0.397. The molecule has 1 aromatic rings. The Morgan fingerprint density at radius 2 is 2.12 bits per heavy atom. The maximum atomic E-state index is 12.3. The van der Waals surface area contributed by atoms with Crippen molar-refractivity contribution in [3.63, 3.8) is 0 Å². The monoisotopic (exact) mass is 373 g/mol. The van der Waals surface area contributed by atoms with Crippen molar-refractivity contribution < 1.29 is 13.2 Å². The van der Waals surface area contributed by atoms with Crippen LogP contribution < -0.4 is 5.32 Å². The molecule has 1 saturated heterocycles. The molecule has 134 valence electrons. The lowest BCUT2D eigenvalue weighted by molar-refractivity contribution is -0.117. The lowest BCUT2D eigenvalue weighted by Gasteiger charge is -2.30. The van der Waals surface area contributed by atoms with Crippen molar-refractivity contribution in [1.29, 1.82) is 0 Å². The topological polar surface area (TPSA) is 69.7 Å². The van der Waals surface area contributed by atoms with Crippen molar-refractivity contribution in [2.45, 2.75) is 24.7 Å². The highest BCUT2D eigenvalue weighted by atomic mass is 35.5. The Kier molecular flexibility index (Phi) is 6.25. The fraction of sp³-hybridized carbons (Fsp3) is 0.562. The zero-order chi connectivity index (χ0) is 17.9. The molecular weight excluding hydrogens is 350 g/mol. The van der Waals surface area contributed by atoms with E-state index < -0.39 is 10.0 Å². The molecule has 0 saturated carbocycles. The van der Waals surface area contributed by atoms with Gasteiger partial charge < -0.3 is 5.32 Å². The number of piperidine rings is 1. The Morgan fingerprint density at radius 3 is 2.75 bits per heavy atom. The normalized spacial score (nSPS) is 19.5. The Bertz CT molecular complexity index is 707. The Morgan fingerprint density at radius 1 is 1.42 bits per heavy atom. The van der Waals surface area contributed by atoms with E-state index in [-0.39, 0.29) is 17.3 Å². The van der Waals surface area contributed by atoms with E-state index >= 15 is 0 Å². The minimum absolute atomic E-state index is 0.0961. The van der Waals surface area contributed by atoms with Crippen molar-refractivity contribution in [2.75, 3.05) is 39.0 Å². The third-order valence-corrected chi connectivity index (χ3v) is 6.24. The zero-order valence-electron chi connectivity index (χ0n) is 14.3. The van der Waals surface area contributed by atoms with Gasteiger partial charge in [0, 0.05) is 20.6 Å². The standard InChI is InChI=1S/C16H24ClN3O3S/c1-12-5-4-8-20(10-12)11-16(21)18-15-9-13(6-7-14(15)17)24(22,23)19(2)3/h6-7,9,12H,4-5,8,10-11H2,1-3H3,(H,18,21)/t12-/m1/s1. The zero-order valence-corrected chi connectivity index (χ0v) is 15.8. The van der Waals surface area contributed by atoms with Crippen molar-refractivity contribution in [1.82, 2.24) is 9.21 Å². The second kappa shape index (κ2) is 7.82. The summed E-state index contributed by atoms with van der Waals surface area (Å²) in [5.41, 5.74) is 0.314. The van der Waals surface area contributed by atoms with E-state index in [1.54, 1.807) is 0 Å². The highest BCUT2D eigenvalue weighted by Gasteiger charge is 2.21. The minimum Gasteiger partial charge on any atom is -0.324 e. The lowest BCUT2D eigenvalue weighted by atomic mass is 10.0. The predicted octanol–water partition coefficient (Wildman–Crippen LogP) is 2.26. The molecule has 2 rings (SSSR count).